The molecule has 1 amide bonds. The van der Waals surface area contributed by atoms with E-state index < -0.39 is 16.1 Å². The fourth-order valence-corrected chi connectivity index (χ4v) is 5.95. The van der Waals surface area contributed by atoms with Crippen molar-refractivity contribution in [2.45, 2.75) is 49.1 Å². The molecule has 2 aliphatic rings. The first-order valence-corrected chi connectivity index (χ1v) is 11.2. The molecule has 0 saturated carbocycles. The molecule has 28 heavy (non-hydrogen) atoms. The van der Waals surface area contributed by atoms with Crippen molar-refractivity contribution < 1.29 is 13.2 Å². The first-order valence-electron chi connectivity index (χ1n) is 9.72. The lowest BCUT2D eigenvalue weighted by molar-refractivity contribution is -0.125. The summed E-state index contributed by atoms with van der Waals surface area (Å²) in [6.45, 7) is 0.368. The van der Waals surface area contributed by atoms with E-state index in [2.05, 4.69) is 5.32 Å². The number of carbonyl (C=O) groups excluding carboxylic acids is 1. The molecule has 0 aromatic heterocycles. The van der Waals surface area contributed by atoms with Gasteiger partial charge in [-0.25, -0.2) is 8.42 Å². The lowest BCUT2D eigenvalue weighted by atomic mass is 9.87. The van der Waals surface area contributed by atoms with E-state index in [-0.39, 0.29) is 16.8 Å². The van der Waals surface area contributed by atoms with Gasteiger partial charge in [0.15, 0.2) is 0 Å². The van der Waals surface area contributed by atoms with Crippen LogP contribution in [-0.2, 0) is 21.2 Å². The Balaban J connectivity index is 1.54. The van der Waals surface area contributed by atoms with Crippen LogP contribution in [0.5, 0.6) is 0 Å². The van der Waals surface area contributed by atoms with Crippen molar-refractivity contribution >= 4 is 21.6 Å². The number of anilines is 1. The third-order valence-corrected chi connectivity index (χ3v) is 7.58. The number of carbonyl (C=O) groups is 1. The molecule has 1 saturated heterocycles. The summed E-state index contributed by atoms with van der Waals surface area (Å²) >= 11 is 0. The van der Waals surface area contributed by atoms with Crippen molar-refractivity contribution in [3.8, 4) is 0 Å². The third kappa shape index (κ3) is 3.52. The molecule has 2 atom stereocenters. The lowest BCUT2D eigenvalue weighted by Crippen LogP contribution is -2.47. The highest BCUT2D eigenvalue weighted by Gasteiger charge is 2.40. The van der Waals surface area contributed by atoms with Gasteiger partial charge in [0.25, 0.3) is 0 Å². The second kappa shape index (κ2) is 7.56. The van der Waals surface area contributed by atoms with Crippen LogP contribution in [0.1, 0.15) is 42.9 Å². The molecule has 0 radical (unpaired) electrons. The summed E-state index contributed by atoms with van der Waals surface area (Å²) in [6.07, 6.45) is 3.99. The Morgan fingerprint density at radius 1 is 1.07 bits per heavy atom. The van der Waals surface area contributed by atoms with Crippen LogP contribution in [-0.4, -0.2) is 31.2 Å². The fraction of sp³-hybridized carbons (Fsp3) is 0.381. The molecule has 1 heterocycles. The topological polar surface area (TPSA) is 92.5 Å². The highest BCUT2D eigenvalue weighted by Crippen LogP contribution is 2.32. The van der Waals surface area contributed by atoms with E-state index >= 15 is 0 Å². The maximum Gasteiger partial charge on any atom is 0.243 e. The largest absolute Gasteiger partial charge is 0.399 e. The van der Waals surface area contributed by atoms with Crippen LogP contribution in [0.15, 0.2) is 53.4 Å². The normalized spacial score (nSPS) is 22.6. The van der Waals surface area contributed by atoms with Crippen LogP contribution in [0.25, 0.3) is 0 Å². The van der Waals surface area contributed by atoms with Crippen molar-refractivity contribution in [1.82, 2.24) is 9.62 Å². The summed E-state index contributed by atoms with van der Waals surface area (Å²) in [4.78, 5) is 13.3. The van der Waals surface area contributed by atoms with E-state index in [0.29, 0.717) is 19.4 Å². The first kappa shape index (κ1) is 19.0. The molecule has 2 aromatic rings. The van der Waals surface area contributed by atoms with Crippen molar-refractivity contribution in [3.05, 3.63) is 59.7 Å². The number of benzene rings is 2. The molecule has 1 aliphatic carbocycles. The molecule has 0 spiro atoms. The minimum atomic E-state index is -3.68. The molecular weight excluding hydrogens is 374 g/mol. The van der Waals surface area contributed by atoms with Crippen LogP contribution >= 0.6 is 0 Å². The van der Waals surface area contributed by atoms with Crippen LogP contribution in [0.3, 0.4) is 0 Å². The van der Waals surface area contributed by atoms with Gasteiger partial charge >= 0.3 is 0 Å². The van der Waals surface area contributed by atoms with Crippen molar-refractivity contribution in [3.63, 3.8) is 0 Å². The van der Waals surface area contributed by atoms with Gasteiger partial charge in [-0.2, -0.15) is 4.31 Å². The number of nitrogen functional groups attached to an aromatic ring is 1. The highest BCUT2D eigenvalue weighted by atomic mass is 32.2. The standard InChI is InChI=1S/C21H25N3O3S/c22-16-11-12-18-15(14-16)6-4-9-19(18)23-21(25)20-10-5-13-24(20)28(26,27)17-7-2-1-3-8-17/h1-3,7-8,11-12,14,19-20H,4-6,9-10,13,22H2,(H,23,25). The summed E-state index contributed by atoms with van der Waals surface area (Å²) < 4.78 is 27.4. The molecule has 4 rings (SSSR count). The predicted molar refractivity (Wildman–Crippen MR) is 108 cm³/mol. The molecule has 148 valence electrons. The minimum Gasteiger partial charge on any atom is -0.399 e. The van der Waals surface area contributed by atoms with Gasteiger partial charge in [-0.05, 0) is 67.5 Å². The van der Waals surface area contributed by atoms with E-state index in [9.17, 15) is 13.2 Å². The van der Waals surface area contributed by atoms with Crippen molar-refractivity contribution in [2.75, 3.05) is 12.3 Å². The Hall–Kier alpha value is -2.38. The van der Waals surface area contributed by atoms with Crippen LogP contribution in [0.4, 0.5) is 5.69 Å². The van der Waals surface area contributed by atoms with Crippen molar-refractivity contribution in [1.29, 1.82) is 0 Å². The molecule has 2 unspecified atom stereocenters. The van der Waals surface area contributed by atoms with Gasteiger partial charge in [0.2, 0.25) is 15.9 Å². The van der Waals surface area contributed by atoms with Gasteiger partial charge in [0, 0.05) is 12.2 Å². The number of amides is 1. The fourth-order valence-electron chi connectivity index (χ4n) is 4.27. The number of nitrogens with two attached hydrogens (primary N) is 1. The zero-order valence-electron chi connectivity index (χ0n) is 15.7. The Kier molecular flexibility index (Phi) is 5.12. The van der Waals surface area contributed by atoms with Gasteiger partial charge in [0.05, 0.1) is 10.9 Å². The van der Waals surface area contributed by atoms with Crippen LogP contribution in [0, 0.1) is 0 Å². The van der Waals surface area contributed by atoms with E-state index in [1.807, 2.05) is 18.2 Å². The van der Waals surface area contributed by atoms with Crippen LogP contribution in [0.2, 0.25) is 0 Å². The summed E-state index contributed by atoms with van der Waals surface area (Å²) in [5.41, 5.74) is 8.86. The first-order chi connectivity index (χ1) is 13.5. The average molecular weight is 400 g/mol. The van der Waals surface area contributed by atoms with E-state index in [1.54, 1.807) is 30.3 Å². The number of sulfonamides is 1. The second-order valence-corrected chi connectivity index (χ2v) is 9.39. The van der Waals surface area contributed by atoms with Gasteiger partial charge in [-0.1, -0.05) is 24.3 Å². The average Bonchev–Trinajstić information content (AvgIpc) is 3.19. The SMILES string of the molecule is Nc1ccc2c(c1)CCCC2NC(=O)C1CCCN1S(=O)(=O)c1ccccc1. The number of nitrogens with zero attached hydrogens (tertiary/aromatic N) is 1. The summed E-state index contributed by atoms with van der Waals surface area (Å²) in [6, 6.07) is 13.4. The highest BCUT2D eigenvalue weighted by molar-refractivity contribution is 7.89. The van der Waals surface area contributed by atoms with Gasteiger partial charge < -0.3 is 11.1 Å². The minimum absolute atomic E-state index is 0.0984. The van der Waals surface area contributed by atoms with E-state index in [4.69, 9.17) is 5.73 Å². The van der Waals surface area contributed by atoms with Gasteiger partial charge in [0.1, 0.15) is 6.04 Å². The number of rotatable bonds is 4. The molecule has 3 N–H and O–H groups in total. The van der Waals surface area contributed by atoms with Crippen molar-refractivity contribution in [2.24, 2.45) is 0 Å². The maximum atomic E-state index is 13.0. The Morgan fingerprint density at radius 3 is 2.64 bits per heavy atom. The Morgan fingerprint density at radius 2 is 1.86 bits per heavy atom. The molecule has 1 aliphatic heterocycles. The molecule has 2 aromatic carbocycles. The molecule has 6 nitrogen and oxygen atoms in total. The van der Waals surface area contributed by atoms with Gasteiger partial charge in [-0.3, -0.25) is 4.79 Å². The predicted octanol–water partition coefficient (Wildman–Crippen LogP) is 2.62. The number of nitrogens with one attached hydrogen (secondary N) is 1. The smallest absolute Gasteiger partial charge is 0.243 e. The Labute approximate surface area is 165 Å². The number of hydrogen-bond donors (Lipinski definition) is 2. The lowest BCUT2D eigenvalue weighted by Gasteiger charge is -2.29. The molecule has 0 bridgehead atoms. The Bertz CT molecular complexity index is 976. The zero-order valence-corrected chi connectivity index (χ0v) is 16.5. The summed E-state index contributed by atoms with van der Waals surface area (Å²) in [5, 5.41) is 3.10. The van der Waals surface area contributed by atoms with Gasteiger partial charge in [-0.15, -0.1) is 0 Å². The second-order valence-electron chi connectivity index (χ2n) is 7.50. The van der Waals surface area contributed by atoms with E-state index in [1.165, 1.54) is 4.31 Å². The number of hydrogen-bond acceptors (Lipinski definition) is 4. The number of aryl methyl sites for hydroxylation is 1. The zero-order chi connectivity index (χ0) is 19.7. The van der Waals surface area contributed by atoms with E-state index in [0.717, 1.165) is 36.1 Å². The summed E-state index contributed by atoms with van der Waals surface area (Å²) in [7, 11) is -3.68. The van der Waals surface area contributed by atoms with Crippen LogP contribution < -0.4 is 11.1 Å². The maximum absolute atomic E-state index is 13.0. The monoisotopic (exact) mass is 399 g/mol. The molecule has 7 heteroatoms. The third-order valence-electron chi connectivity index (χ3n) is 5.65. The summed E-state index contributed by atoms with van der Waals surface area (Å²) in [5.74, 6) is -0.216. The number of fused-ring (bicyclic) bond motifs is 1. The quantitative estimate of drug-likeness (QED) is 0.773. The molecular formula is C21H25N3O3S. The molecule has 1 fully saturated rings.